The predicted octanol–water partition coefficient (Wildman–Crippen LogP) is 4.51. The van der Waals surface area contributed by atoms with E-state index >= 15 is 0 Å². The Morgan fingerprint density at radius 3 is 2.26 bits per heavy atom. The molecule has 0 heterocycles. The molecule has 9 nitrogen and oxygen atoms in total. The van der Waals surface area contributed by atoms with Crippen molar-refractivity contribution < 1.29 is 38.4 Å². The van der Waals surface area contributed by atoms with Crippen LogP contribution >= 0.6 is 0 Å². The van der Waals surface area contributed by atoms with Crippen molar-refractivity contribution in [2.45, 2.75) is 78.9 Å². The first-order valence-electron chi connectivity index (χ1n) is 13.0. The van der Waals surface area contributed by atoms with E-state index in [2.05, 4.69) is 30.4 Å². The molecule has 2 atom stereocenters. The summed E-state index contributed by atoms with van der Waals surface area (Å²) in [5, 5.41) is 10.1. The lowest BCUT2D eigenvalue weighted by Gasteiger charge is -2.22. The first-order chi connectivity index (χ1) is 17.8. The number of rotatable bonds is 13. The molecule has 216 valence electrons. The third-order valence-electron chi connectivity index (χ3n) is 5.25. The van der Waals surface area contributed by atoms with Crippen molar-refractivity contribution in [3.63, 3.8) is 0 Å². The van der Waals surface area contributed by atoms with Crippen LogP contribution in [0.2, 0.25) is 0 Å². The molecule has 1 rings (SSSR count). The minimum atomic E-state index is -0.841. The summed E-state index contributed by atoms with van der Waals surface area (Å²) < 4.78 is 25.7. The van der Waals surface area contributed by atoms with Crippen LogP contribution in [0.1, 0.15) is 66.4 Å². The average molecular weight is 538 g/mol. The molecular weight excluding hydrogens is 490 g/mol. The summed E-state index contributed by atoms with van der Waals surface area (Å²) >= 11 is 0. The van der Waals surface area contributed by atoms with Crippen molar-refractivity contribution in [2.75, 3.05) is 34.0 Å². The number of hydrogen-bond acceptors (Lipinski definition) is 8. The van der Waals surface area contributed by atoms with E-state index in [4.69, 9.17) is 24.7 Å². The summed E-state index contributed by atoms with van der Waals surface area (Å²) in [6.07, 6.45) is 1.40. The Kier molecular flexibility index (Phi) is 17.7. The van der Waals surface area contributed by atoms with Gasteiger partial charge in [-0.25, -0.2) is 9.59 Å². The van der Waals surface area contributed by atoms with Gasteiger partial charge < -0.3 is 34.5 Å². The third kappa shape index (κ3) is 17.5. The lowest BCUT2D eigenvalue weighted by molar-refractivity contribution is -0.136. The second kappa shape index (κ2) is 19.2. The molecule has 0 saturated heterocycles. The van der Waals surface area contributed by atoms with Crippen molar-refractivity contribution in [1.82, 2.24) is 0 Å². The van der Waals surface area contributed by atoms with Gasteiger partial charge in [-0.2, -0.15) is 0 Å². The maximum Gasteiger partial charge on any atom is 0.405 e. The number of primary amides is 1. The zero-order valence-electron chi connectivity index (χ0n) is 24.3. The SMILES string of the molecule is CC(C)(C)OC(N)=O.CCOC(=O)C#CC(O)CCC(Cc1ccc(OC)c(OCCCOC)c1)C(C)C. The molecule has 0 aliphatic carbocycles. The fraction of sp³-hybridized carbons (Fsp3) is 0.655. The Labute approximate surface area is 228 Å². The van der Waals surface area contributed by atoms with Crippen LogP contribution in [0.25, 0.3) is 0 Å². The van der Waals surface area contributed by atoms with Gasteiger partial charge in [0.05, 0.1) is 20.3 Å². The summed E-state index contributed by atoms with van der Waals surface area (Å²) in [4.78, 5) is 21.3. The highest BCUT2D eigenvalue weighted by Crippen LogP contribution is 2.31. The summed E-state index contributed by atoms with van der Waals surface area (Å²) in [6, 6.07) is 6.00. The Morgan fingerprint density at radius 1 is 1.08 bits per heavy atom. The highest BCUT2D eigenvalue weighted by molar-refractivity contribution is 5.88. The summed E-state index contributed by atoms with van der Waals surface area (Å²) in [6.45, 7) is 12.8. The van der Waals surface area contributed by atoms with Crippen LogP contribution in [0, 0.1) is 23.7 Å². The lowest BCUT2D eigenvalue weighted by atomic mass is 9.85. The third-order valence-corrected chi connectivity index (χ3v) is 5.25. The molecule has 1 aromatic carbocycles. The molecule has 0 aliphatic rings. The number of aliphatic hydroxyl groups excluding tert-OH is 1. The quantitative estimate of drug-likeness (QED) is 0.163. The molecular formula is C29H47NO8. The van der Waals surface area contributed by atoms with Crippen LogP contribution in [0.3, 0.4) is 0 Å². The Bertz CT molecular complexity index is 883. The number of ether oxygens (including phenoxy) is 5. The number of amides is 1. The van der Waals surface area contributed by atoms with Crippen LogP contribution in [0.15, 0.2) is 18.2 Å². The lowest BCUT2D eigenvalue weighted by Crippen LogP contribution is -2.27. The maximum atomic E-state index is 11.3. The molecule has 0 spiro atoms. The molecule has 0 radical (unpaired) electrons. The van der Waals surface area contributed by atoms with Crippen molar-refractivity contribution in [2.24, 2.45) is 17.6 Å². The summed E-state index contributed by atoms with van der Waals surface area (Å²) in [7, 11) is 3.30. The minimum absolute atomic E-state index is 0.277. The first kappa shape index (κ1) is 35.0. The zero-order valence-corrected chi connectivity index (χ0v) is 24.3. The van der Waals surface area contributed by atoms with Crippen molar-refractivity contribution >= 4 is 12.1 Å². The van der Waals surface area contributed by atoms with E-state index < -0.39 is 23.8 Å². The monoisotopic (exact) mass is 537 g/mol. The number of carbonyl (C=O) groups excluding carboxylic acids is 2. The van der Waals surface area contributed by atoms with Crippen LogP contribution in [-0.4, -0.2) is 62.9 Å². The first-order valence-corrected chi connectivity index (χ1v) is 13.0. The topological polar surface area (TPSA) is 127 Å². The van der Waals surface area contributed by atoms with E-state index in [-0.39, 0.29) is 6.61 Å². The van der Waals surface area contributed by atoms with Crippen LogP contribution in [-0.2, 0) is 25.4 Å². The zero-order chi connectivity index (χ0) is 29.1. The summed E-state index contributed by atoms with van der Waals surface area (Å²) in [5.41, 5.74) is 5.42. The van der Waals surface area contributed by atoms with Gasteiger partial charge in [-0.1, -0.05) is 25.8 Å². The Morgan fingerprint density at radius 2 is 1.76 bits per heavy atom. The van der Waals surface area contributed by atoms with Crippen molar-refractivity contribution in [1.29, 1.82) is 0 Å². The molecule has 0 fully saturated rings. The highest BCUT2D eigenvalue weighted by atomic mass is 16.6. The van der Waals surface area contributed by atoms with E-state index in [1.54, 1.807) is 41.9 Å². The molecule has 0 bridgehead atoms. The predicted molar refractivity (Wildman–Crippen MR) is 147 cm³/mol. The van der Waals surface area contributed by atoms with E-state index in [0.29, 0.717) is 37.2 Å². The number of benzene rings is 1. The van der Waals surface area contributed by atoms with Gasteiger partial charge in [0.25, 0.3) is 0 Å². The largest absolute Gasteiger partial charge is 0.493 e. The van der Waals surface area contributed by atoms with E-state index in [0.717, 1.165) is 30.6 Å². The van der Waals surface area contributed by atoms with Gasteiger partial charge in [0.1, 0.15) is 11.7 Å². The summed E-state index contributed by atoms with van der Waals surface area (Å²) in [5.74, 6) is 6.53. The molecule has 1 aromatic rings. The number of hydrogen-bond donors (Lipinski definition) is 2. The minimum Gasteiger partial charge on any atom is -0.493 e. The van der Waals surface area contributed by atoms with Gasteiger partial charge in [-0.3, -0.25) is 0 Å². The molecule has 0 aromatic heterocycles. The molecule has 38 heavy (non-hydrogen) atoms. The molecule has 0 saturated carbocycles. The number of methoxy groups -OCH3 is 2. The molecule has 3 N–H and O–H groups in total. The molecule has 0 aliphatic heterocycles. The van der Waals surface area contributed by atoms with Crippen LogP contribution < -0.4 is 15.2 Å². The van der Waals surface area contributed by atoms with Crippen molar-refractivity contribution in [3.05, 3.63) is 23.8 Å². The number of nitrogens with two attached hydrogens (primary N) is 1. The smallest absolute Gasteiger partial charge is 0.405 e. The van der Waals surface area contributed by atoms with E-state index in [1.807, 2.05) is 18.2 Å². The molecule has 1 amide bonds. The van der Waals surface area contributed by atoms with Gasteiger partial charge in [0.2, 0.25) is 0 Å². The normalized spacial score (nSPS) is 12.3. The Balaban J connectivity index is 0.00000147. The van der Waals surface area contributed by atoms with Crippen LogP contribution in [0.5, 0.6) is 11.5 Å². The van der Waals surface area contributed by atoms with E-state index in [9.17, 15) is 14.7 Å². The number of aliphatic hydroxyl groups is 1. The standard InChI is InChI=1S/C24H36O6.C5H11NO2/c1-6-29-24(26)13-11-21(25)10-9-20(18(2)3)16-19-8-12-22(28-5)23(17-19)30-15-7-14-27-4;1-5(2,3)8-4(6)7/h8,12,17-18,20-21,25H,6-7,9-10,14-16H2,1-5H3;1-3H3,(H2,6,7). The van der Waals surface area contributed by atoms with Gasteiger partial charge >= 0.3 is 12.1 Å². The van der Waals surface area contributed by atoms with Gasteiger partial charge in [0.15, 0.2) is 11.5 Å². The fourth-order valence-electron chi connectivity index (χ4n) is 3.38. The average Bonchev–Trinajstić information content (AvgIpc) is 2.82. The van der Waals surface area contributed by atoms with E-state index in [1.165, 1.54) is 0 Å². The fourth-order valence-corrected chi connectivity index (χ4v) is 3.38. The Hall–Kier alpha value is -2.96. The second-order valence-electron chi connectivity index (χ2n) is 10.0. The number of carbonyl (C=O) groups is 2. The number of esters is 1. The van der Waals surface area contributed by atoms with Gasteiger partial charge in [-0.15, -0.1) is 0 Å². The second-order valence-corrected chi connectivity index (χ2v) is 10.0. The van der Waals surface area contributed by atoms with Gasteiger partial charge in [-0.05, 0) is 76.5 Å². The van der Waals surface area contributed by atoms with Crippen LogP contribution in [0.4, 0.5) is 4.79 Å². The van der Waals surface area contributed by atoms with Crippen molar-refractivity contribution in [3.8, 4) is 23.3 Å². The molecule has 2 unspecified atom stereocenters. The molecule has 9 heteroatoms. The highest BCUT2D eigenvalue weighted by Gasteiger charge is 2.17. The maximum absolute atomic E-state index is 11.3. The van der Waals surface area contributed by atoms with Gasteiger partial charge in [0, 0.05) is 26.1 Å².